The highest BCUT2D eigenvalue weighted by Crippen LogP contribution is 2.36. The van der Waals surface area contributed by atoms with E-state index in [-0.39, 0.29) is 0 Å². The Morgan fingerprint density at radius 2 is 2.21 bits per heavy atom. The maximum atomic E-state index is 4.17. The lowest BCUT2D eigenvalue weighted by molar-refractivity contribution is 0.886. The standard InChI is InChI=1S/C9H15N3S2/c1-2-10-8-11-12-9(14-8)13-7-5-3-4-6-7/h7H,2-6H2,1H3,(H,10,11). The Morgan fingerprint density at radius 3 is 2.93 bits per heavy atom. The predicted molar refractivity (Wildman–Crippen MR) is 62.2 cm³/mol. The number of aromatic nitrogens is 2. The van der Waals surface area contributed by atoms with Crippen molar-refractivity contribution < 1.29 is 0 Å². The zero-order chi connectivity index (χ0) is 9.80. The summed E-state index contributed by atoms with van der Waals surface area (Å²) in [5.74, 6) is 0. The lowest BCUT2D eigenvalue weighted by atomic mass is 10.4. The van der Waals surface area contributed by atoms with Crippen molar-refractivity contribution in [3.8, 4) is 0 Å². The first kappa shape index (κ1) is 10.2. The Hall–Kier alpha value is -0.290. The minimum atomic E-state index is 0.789. The number of anilines is 1. The Labute approximate surface area is 92.7 Å². The largest absolute Gasteiger partial charge is 0.360 e. The van der Waals surface area contributed by atoms with Crippen LogP contribution in [0, 0.1) is 0 Å². The van der Waals surface area contributed by atoms with Gasteiger partial charge >= 0.3 is 0 Å². The fourth-order valence-electron chi connectivity index (χ4n) is 1.63. The molecule has 5 heteroatoms. The molecule has 3 nitrogen and oxygen atoms in total. The highest BCUT2D eigenvalue weighted by atomic mass is 32.2. The molecule has 0 radical (unpaired) electrons. The van der Waals surface area contributed by atoms with Crippen molar-refractivity contribution in [2.24, 2.45) is 0 Å². The van der Waals surface area contributed by atoms with Gasteiger partial charge in [-0.3, -0.25) is 0 Å². The molecule has 0 aliphatic heterocycles. The first-order valence-electron chi connectivity index (χ1n) is 5.12. The second-order valence-corrected chi connectivity index (χ2v) is 5.95. The maximum Gasteiger partial charge on any atom is 0.206 e. The third kappa shape index (κ3) is 2.60. The Balaban J connectivity index is 1.88. The summed E-state index contributed by atoms with van der Waals surface area (Å²) < 4.78 is 1.12. The smallest absolute Gasteiger partial charge is 0.206 e. The number of hydrogen-bond donors (Lipinski definition) is 1. The van der Waals surface area contributed by atoms with Gasteiger partial charge in [0.05, 0.1) is 0 Å². The van der Waals surface area contributed by atoms with Gasteiger partial charge in [0.15, 0.2) is 4.34 Å². The van der Waals surface area contributed by atoms with Crippen LogP contribution in [0.3, 0.4) is 0 Å². The first-order chi connectivity index (χ1) is 6.88. The predicted octanol–water partition coefficient (Wildman–Crippen LogP) is 3.00. The topological polar surface area (TPSA) is 37.8 Å². The molecule has 1 heterocycles. The molecular formula is C9H15N3S2. The van der Waals surface area contributed by atoms with Gasteiger partial charge in [-0.2, -0.15) is 0 Å². The average Bonchev–Trinajstić information content (AvgIpc) is 2.79. The summed E-state index contributed by atoms with van der Waals surface area (Å²) in [6, 6.07) is 0. The van der Waals surface area contributed by atoms with Gasteiger partial charge in [0, 0.05) is 11.8 Å². The Kier molecular flexibility index (Phi) is 3.64. The zero-order valence-electron chi connectivity index (χ0n) is 8.32. The molecule has 0 bridgehead atoms. The maximum absolute atomic E-state index is 4.17. The van der Waals surface area contributed by atoms with Crippen LogP contribution in [0.25, 0.3) is 0 Å². The lowest BCUT2D eigenvalue weighted by Crippen LogP contribution is -1.94. The summed E-state index contributed by atoms with van der Waals surface area (Å²) in [5.41, 5.74) is 0. The van der Waals surface area contributed by atoms with E-state index in [2.05, 4.69) is 22.4 Å². The van der Waals surface area contributed by atoms with Crippen molar-refractivity contribution in [2.75, 3.05) is 11.9 Å². The van der Waals surface area contributed by atoms with Gasteiger partial charge in [0.1, 0.15) is 0 Å². The van der Waals surface area contributed by atoms with Gasteiger partial charge in [-0.25, -0.2) is 0 Å². The molecule has 2 rings (SSSR count). The van der Waals surface area contributed by atoms with Crippen LogP contribution in [0.15, 0.2) is 4.34 Å². The molecule has 0 atom stereocenters. The van der Waals surface area contributed by atoms with E-state index in [1.54, 1.807) is 11.3 Å². The van der Waals surface area contributed by atoms with Crippen LogP contribution in [0.2, 0.25) is 0 Å². The number of nitrogens with one attached hydrogen (secondary N) is 1. The minimum absolute atomic E-state index is 0.789. The second-order valence-electron chi connectivity index (χ2n) is 3.43. The molecule has 1 aliphatic rings. The summed E-state index contributed by atoms with van der Waals surface area (Å²) in [4.78, 5) is 0. The van der Waals surface area contributed by atoms with Gasteiger partial charge in [0.2, 0.25) is 5.13 Å². The molecule has 1 N–H and O–H groups in total. The van der Waals surface area contributed by atoms with E-state index in [9.17, 15) is 0 Å². The summed E-state index contributed by atoms with van der Waals surface area (Å²) in [5, 5.41) is 13.2. The van der Waals surface area contributed by atoms with Crippen LogP contribution in [0.4, 0.5) is 5.13 Å². The van der Waals surface area contributed by atoms with Crippen LogP contribution >= 0.6 is 23.1 Å². The van der Waals surface area contributed by atoms with Crippen molar-refractivity contribution in [2.45, 2.75) is 42.2 Å². The number of nitrogens with zero attached hydrogens (tertiary/aromatic N) is 2. The summed E-state index contributed by atoms with van der Waals surface area (Å²) >= 11 is 3.58. The van der Waals surface area contributed by atoms with Crippen LogP contribution in [0.1, 0.15) is 32.6 Å². The lowest BCUT2D eigenvalue weighted by Gasteiger charge is -2.03. The van der Waals surface area contributed by atoms with E-state index in [4.69, 9.17) is 0 Å². The van der Waals surface area contributed by atoms with Crippen LogP contribution in [-0.4, -0.2) is 22.0 Å². The molecular weight excluding hydrogens is 214 g/mol. The molecule has 0 unspecified atom stereocenters. The number of hydrogen-bond acceptors (Lipinski definition) is 5. The molecule has 0 saturated heterocycles. The summed E-state index contributed by atoms with van der Waals surface area (Å²) in [7, 11) is 0. The highest BCUT2D eigenvalue weighted by molar-refractivity contribution is 8.01. The van der Waals surface area contributed by atoms with E-state index < -0.39 is 0 Å². The highest BCUT2D eigenvalue weighted by Gasteiger charge is 2.18. The molecule has 0 aromatic carbocycles. The van der Waals surface area contributed by atoms with E-state index in [1.165, 1.54) is 25.7 Å². The normalized spacial score (nSPS) is 17.5. The van der Waals surface area contributed by atoms with Gasteiger partial charge in [-0.1, -0.05) is 35.9 Å². The SMILES string of the molecule is CCNc1nnc(SC2CCCC2)s1. The molecule has 0 amide bonds. The fourth-order valence-corrected chi connectivity index (χ4v) is 3.95. The number of thioether (sulfide) groups is 1. The van der Waals surface area contributed by atoms with Crippen LogP contribution < -0.4 is 5.32 Å². The zero-order valence-corrected chi connectivity index (χ0v) is 9.96. The average molecular weight is 229 g/mol. The third-order valence-electron chi connectivity index (χ3n) is 2.30. The van der Waals surface area contributed by atoms with Gasteiger partial charge < -0.3 is 5.32 Å². The van der Waals surface area contributed by atoms with Crippen LogP contribution in [-0.2, 0) is 0 Å². The molecule has 0 spiro atoms. The Bertz CT molecular complexity index is 281. The number of rotatable bonds is 4. The molecule has 1 aromatic rings. The molecule has 1 aromatic heterocycles. The van der Waals surface area contributed by atoms with Gasteiger partial charge in [-0.05, 0) is 19.8 Å². The quantitative estimate of drug-likeness (QED) is 0.861. The fraction of sp³-hybridized carbons (Fsp3) is 0.778. The first-order valence-corrected chi connectivity index (χ1v) is 6.82. The van der Waals surface area contributed by atoms with Crippen LogP contribution in [0.5, 0.6) is 0 Å². The third-order valence-corrected chi connectivity index (χ3v) is 4.61. The van der Waals surface area contributed by atoms with E-state index in [1.807, 2.05) is 11.8 Å². The van der Waals surface area contributed by atoms with Crippen molar-refractivity contribution in [1.82, 2.24) is 10.2 Å². The van der Waals surface area contributed by atoms with Gasteiger partial charge in [-0.15, -0.1) is 10.2 Å². The summed E-state index contributed by atoms with van der Waals surface area (Å²) in [6.45, 7) is 2.99. The second kappa shape index (κ2) is 4.98. The summed E-state index contributed by atoms with van der Waals surface area (Å²) in [6.07, 6.45) is 5.47. The molecule has 1 saturated carbocycles. The van der Waals surface area contributed by atoms with Crippen molar-refractivity contribution >= 4 is 28.2 Å². The monoisotopic (exact) mass is 229 g/mol. The minimum Gasteiger partial charge on any atom is -0.360 e. The van der Waals surface area contributed by atoms with Crippen molar-refractivity contribution in [3.63, 3.8) is 0 Å². The molecule has 14 heavy (non-hydrogen) atoms. The molecule has 78 valence electrons. The van der Waals surface area contributed by atoms with E-state index >= 15 is 0 Å². The van der Waals surface area contributed by atoms with Crippen molar-refractivity contribution in [3.05, 3.63) is 0 Å². The van der Waals surface area contributed by atoms with E-state index in [0.717, 1.165) is 21.3 Å². The van der Waals surface area contributed by atoms with Crippen molar-refractivity contribution in [1.29, 1.82) is 0 Å². The molecule has 1 fully saturated rings. The molecule has 1 aliphatic carbocycles. The Morgan fingerprint density at radius 1 is 1.43 bits per heavy atom. The van der Waals surface area contributed by atoms with E-state index in [0.29, 0.717) is 0 Å². The van der Waals surface area contributed by atoms with Gasteiger partial charge in [0.25, 0.3) is 0 Å².